The summed E-state index contributed by atoms with van der Waals surface area (Å²) in [4.78, 5) is 12.0. The molecule has 1 fully saturated rings. The number of rotatable bonds is 0. The molecule has 0 radical (unpaired) electrons. The third-order valence-corrected chi connectivity index (χ3v) is 3.42. The maximum atomic E-state index is 11.5. The molecule has 80 valence electrons. The van der Waals surface area contributed by atoms with Crippen LogP contribution in [-0.2, 0) is 4.74 Å². The molecule has 1 aliphatic carbocycles. The fraction of sp³-hybridized carbons (Fsp3) is 0.600. The maximum absolute atomic E-state index is 11.5. The molecule has 1 amide bonds. The van der Waals surface area contributed by atoms with Gasteiger partial charge in [-0.05, 0) is 12.3 Å². The van der Waals surface area contributed by atoms with Gasteiger partial charge in [0.25, 0.3) is 0 Å². The third-order valence-electron chi connectivity index (χ3n) is 2.96. The number of alkyl halides is 1. The molecule has 3 rings (SSSR count). The molecule has 2 aliphatic heterocycles. The zero-order chi connectivity index (χ0) is 11.1. The van der Waals surface area contributed by atoms with Crippen molar-refractivity contribution in [3.05, 3.63) is 12.2 Å². The van der Waals surface area contributed by atoms with Gasteiger partial charge >= 0.3 is 6.09 Å². The zero-order valence-electron chi connectivity index (χ0n) is 8.31. The van der Waals surface area contributed by atoms with Gasteiger partial charge in [0.05, 0.1) is 19.2 Å². The lowest BCUT2D eigenvalue weighted by molar-refractivity contribution is 0.0786. The molecule has 0 N–H and O–H groups in total. The predicted octanol–water partition coefficient (Wildman–Crippen LogP) is 1.51. The highest BCUT2D eigenvalue weighted by Crippen LogP contribution is 2.41. The van der Waals surface area contributed by atoms with E-state index in [9.17, 15) is 4.79 Å². The van der Waals surface area contributed by atoms with E-state index < -0.39 is 11.0 Å². The number of hydrogen-bond acceptors (Lipinski definition) is 3. The van der Waals surface area contributed by atoms with Crippen molar-refractivity contribution < 1.29 is 9.53 Å². The Morgan fingerprint density at radius 1 is 1.73 bits per heavy atom. The number of methoxy groups -OCH3 is 1. The second-order valence-corrected chi connectivity index (χ2v) is 4.57. The van der Waals surface area contributed by atoms with E-state index in [-0.39, 0.29) is 12.0 Å². The number of ether oxygens (including phenoxy) is 1. The largest absolute Gasteiger partial charge is 0.453 e. The van der Waals surface area contributed by atoms with Gasteiger partial charge in [-0.2, -0.15) is 5.26 Å². The second-order valence-electron chi connectivity index (χ2n) is 3.89. The van der Waals surface area contributed by atoms with Crippen molar-refractivity contribution in [2.45, 2.75) is 17.3 Å². The first-order chi connectivity index (χ1) is 7.10. The molecule has 0 aromatic heterocycles. The average Bonchev–Trinajstić information content (AvgIpc) is 2.28. The molecule has 4 nitrogen and oxygen atoms in total. The zero-order valence-corrected chi connectivity index (χ0v) is 9.07. The van der Waals surface area contributed by atoms with Gasteiger partial charge in [-0.1, -0.05) is 12.2 Å². The molecule has 3 atom stereocenters. The Kier molecular flexibility index (Phi) is 2.35. The summed E-state index contributed by atoms with van der Waals surface area (Å²) in [5.41, 5.74) is 0. The fourth-order valence-electron chi connectivity index (χ4n) is 2.24. The van der Waals surface area contributed by atoms with Crippen LogP contribution in [0.5, 0.6) is 0 Å². The lowest BCUT2D eigenvalue weighted by Gasteiger charge is -2.46. The number of hydrogen-bond donors (Lipinski definition) is 0. The molecular formula is C10H11ClN2O2. The topological polar surface area (TPSA) is 53.3 Å². The smallest absolute Gasteiger partial charge is 0.410 e. The van der Waals surface area contributed by atoms with E-state index in [4.69, 9.17) is 16.9 Å². The lowest BCUT2D eigenvalue weighted by Crippen LogP contribution is -2.59. The van der Waals surface area contributed by atoms with Crippen LogP contribution < -0.4 is 0 Å². The number of fused-ring (bicyclic) bond motifs is 2. The van der Waals surface area contributed by atoms with Crippen molar-refractivity contribution in [3.8, 4) is 6.07 Å². The Hall–Kier alpha value is -1.21. The van der Waals surface area contributed by atoms with Crippen molar-refractivity contribution in [2.75, 3.05) is 13.7 Å². The van der Waals surface area contributed by atoms with Crippen LogP contribution in [0.2, 0.25) is 0 Å². The molecule has 1 saturated heterocycles. The summed E-state index contributed by atoms with van der Waals surface area (Å²) in [6.45, 7) is 0.587. The monoisotopic (exact) mass is 226 g/mol. The van der Waals surface area contributed by atoms with Crippen molar-refractivity contribution in [1.82, 2.24) is 4.90 Å². The van der Waals surface area contributed by atoms with Crippen LogP contribution in [0.15, 0.2) is 12.2 Å². The number of amides is 1. The molecule has 0 spiro atoms. The Morgan fingerprint density at radius 3 is 3.00 bits per heavy atom. The number of nitrogens with zero attached hydrogens (tertiary/aromatic N) is 2. The summed E-state index contributed by atoms with van der Waals surface area (Å²) in [5.74, 6) is 0.159. The van der Waals surface area contributed by atoms with Crippen LogP contribution in [0, 0.1) is 17.2 Å². The highest BCUT2D eigenvalue weighted by atomic mass is 35.5. The number of halogens is 1. The summed E-state index contributed by atoms with van der Waals surface area (Å²) >= 11 is 6.19. The van der Waals surface area contributed by atoms with Gasteiger partial charge in [-0.15, -0.1) is 11.6 Å². The normalized spacial score (nSPS) is 37.5. The standard InChI is InChI=1S/C10H11ClN2O2/c1-15-9(14)13-5-7-2-3-8(13)10(11,4-7)6-12/h2-3,7-8H,4-5H2,1H3. The number of carbonyl (C=O) groups excluding carboxylic acids is 1. The minimum absolute atomic E-state index is 0.159. The number of piperidine rings is 1. The van der Waals surface area contributed by atoms with Crippen LogP contribution in [0.1, 0.15) is 6.42 Å². The molecular weight excluding hydrogens is 216 g/mol. The maximum Gasteiger partial charge on any atom is 0.410 e. The molecule has 0 saturated carbocycles. The first-order valence-corrected chi connectivity index (χ1v) is 5.11. The summed E-state index contributed by atoms with van der Waals surface area (Å²) in [6.07, 6.45) is 4.02. The average molecular weight is 227 g/mol. The van der Waals surface area contributed by atoms with Gasteiger partial charge < -0.3 is 4.74 Å². The molecule has 3 aliphatic rings. The Morgan fingerprint density at radius 2 is 2.47 bits per heavy atom. The Balaban J connectivity index is 2.31. The Bertz CT molecular complexity index is 363. The number of nitriles is 1. The molecule has 15 heavy (non-hydrogen) atoms. The number of carbonyl (C=O) groups is 1. The van der Waals surface area contributed by atoms with Gasteiger partial charge in [0.2, 0.25) is 0 Å². The Labute approximate surface area is 93.1 Å². The third kappa shape index (κ3) is 1.47. The first-order valence-electron chi connectivity index (χ1n) is 4.74. The van der Waals surface area contributed by atoms with E-state index in [2.05, 4.69) is 10.8 Å². The molecule has 2 heterocycles. The van der Waals surface area contributed by atoms with Gasteiger partial charge in [0, 0.05) is 6.54 Å². The van der Waals surface area contributed by atoms with Gasteiger partial charge in [0.15, 0.2) is 4.87 Å². The highest BCUT2D eigenvalue weighted by molar-refractivity contribution is 6.26. The fourth-order valence-corrected chi connectivity index (χ4v) is 2.63. The van der Waals surface area contributed by atoms with Gasteiger partial charge in [-0.3, -0.25) is 4.90 Å². The molecule has 0 aromatic rings. The predicted molar refractivity (Wildman–Crippen MR) is 54.3 cm³/mol. The van der Waals surface area contributed by atoms with Crippen LogP contribution in [0.3, 0.4) is 0 Å². The van der Waals surface area contributed by atoms with Crippen molar-refractivity contribution in [3.63, 3.8) is 0 Å². The van der Waals surface area contributed by atoms with Crippen molar-refractivity contribution in [2.24, 2.45) is 5.92 Å². The summed E-state index contributed by atoms with van der Waals surface area (Å²) < 4.78 is 4.67. The van der Waals surface area contributed by atoms with Gasteiger partial charge in [-0.25, -0.2) is 4.79 Å². The molecule has 0 aromatic carbocycles. The summed E-state index contributed by atoms with van der Waals surface area (Å²) in [5, 5.41) is 9.05. The van der Waals surface area contributed by atoms with E-state index >= 15 is 0 Å². The van der Waals surface area contributed by atoms with Crippen molar-refractivity contribution >= 4 is 17.7 Å². The minimum Gasteiger partial charge on any atom is -0.453 e. The quantitative estimate of drug-likeness (QED) is 0.465. The molecule has 3 unspecified atom stereocenters. The van der Waals surface area contributed by atoms with E-state index in [0.29, 0.717) is 13.0 Å². The highest BCUT2D eigenvalue weighted by Gasteiger charge is 2.50. The van der Waals surface area contributed by atoms with Crippen LogP contribution in [0.4, 0.5) is 4.79 Å². The van der Waals surface area contributed by atoms with Gasteiger partial charge in [0.1, 0.15) is 0 Å². The molecule has 5 heteroatoms. The summed E-state index contributed by atoms with van der Waals surface area (Å²) in [6, 6.07) is 1.71. The molecule has 2 bridgehead atoms. The van der Waals surface area contributed by atoms with E-state index in [0.717, 1.165) is 0 Å². The van der Waals surface area contributed by atoms with E-state index in [1.165, 1.54) is 12.0 Å². The van der Waals surface area contributed by atoms with Crippen LogP contribution >= 0.6 is 11.6 Å². The summed E-state index contributed by atoms with van der Waals surface area (Å²) in [7, 11) is 1.33. The van der Waals surface area contributed by atoms with Crippen LogP contribution in [0.25, 0.3) is 0 Å². The first kappa shape index (κ1) is 10.3. The minimum atomic E-state index is -0.994. The lowest BCUT2D eigenvalue weighted by atomic mass is 9.78. The van der Waals surface area contributed by atoms with Crippen LogP contribution in [-0.4, -0.2) is 35.6 Å². The van der Waals surface area contributed by atoms with E-state index in [1.807, 2.05) is 12.2 Å². The van der Waals surface area contributed by atoms with E-state index in [1.54, 1.807) is 0 Å². The second kappa shape index (κ2) is 3.42. The SMILES string of the molecule is COC(=O)N1CC2C=CC1C(Cl)(C#N)C2. The van der Waals surface area contributed by atoms with Crippen molar-refractivity contribution in [1.29, 1.82) is 5.26 Å².